The maximum absolute atomic E-state index is 12.8. The van der Waals surface area contributed by atoms with Crippen LogP contribution in [-0.4, -0.2) is 84.1 Å². The number of rotatable bonds is 16. The van der Waals surface area contributed by atoms with Crippen LogP contribution in [0.3, 0.4) is 0 Å². The van der Waals surface area contributed by atoms with Gasteiger partial charge < -0.3 is 23.4 Å². The molecule has 234 valence electrons. The molecule has 0 aliphatic carbocycles. The van der Waals surface area contributed by atoms with E-state index in [2.05, 4.69) is 4.98 Å². The molecule has 0 bridgehead atoms. The summed E-state index contributed by atoms with van der Waals surface area (Å²) in [6, 6.07) is 2.03. The summed E-state index contributed by atoms with van der Waals surface area (Å²) in [7, 11) is -8.47. The fourth-order valence-corrected chi connectivity index (χ4v) is 9.35. The molecular weight excluding hydrogens is 600 g/mol. The van der Waals surface area contributed by atoms with Gasteiger partial charge in [0.2, 0.25) is 10.0 Å². The Kier molecular flexibility index (Phi) is 13.3. The highest BCUT2D eigenvalue weighted by Crippen LogP contribution is 2.51. The highest BCUT2D eigenvalue weighted by atomic mass is 32.2. The predicted octanol–water partition coefficient (Wildman–Crippen LogP) is 1.93. The molecule has 2 rings (SSSR count). The number of aromatic nitrogens is 2. The number of hydrogen-bond acceptors (Lipinski definition) is 11. The Balaban J connectivity index is 2.46. The predicted molar refractivity (Wildman–Crippen MR) is 153 cm³/mol. The van der Waals surface area contributed by atoms with Crippen molar-refractivity contribution in [3.8, 4) is 6.07 Å². The second-order valence-electron chi connectivity index (χ2n) is 10.3. The average Bonchev–Trinajstić information content (AvgIpc) is 3.16. The molecule has 41 heavy (non-hydrogen) atoms. The monoisotopic (exact) mass is 641 g/mol. The summed E-state index contributed by atoms with van der Waals surface area (Å²) >= 11 is 0. The van der Waals surface area contributed by atoms with Crippen LogP contribution in [0.2, 0.25) is 0 Å². The summed E-state index contributed by atoms with van der Waals surface area (Å²) in [5.74, 6) is 0. The fraction of sp³-hybridized carbons (Fsp3) is 0.783. The van der Waals surface area contributed by atoms with Crippen LogP contribution in [0.5, 0.6) is 0 Å². The van der Waals surface area contributed by atoms with Crippen molar-refractivity contribution in [2.24, 2.45) is 0 Å². The minimum absolute atomic E-state index is 0.00689. The summed E-state index contributed by atoms with van der Waals surface area (Å²) < 4.78 is 65.0. The highest BCUT2D eigenvalue weighted by Gasteiger charge is 2.49. The van der Waals surface area contributed by atoms with E-state index in [4.69, 9.17) is 23.8 Å². The Morgan fingerprint density at radius 1 is 1.29 bits per heavy atom. The van der Waals surface area contributed by atoms with Crippen LogP contribution in [0, 0.1) is 18.3 Å². The van der Waals surface area contributed by atoms with Gasteiger partial charge in [-0.05, 0) is 47.5 Å². The number of ether oxygens (including phenoxy) is 2. The number of aromatic amines is 1. The Morgan fingerprint density at radius 2 is 1.93 bits per heavy atom. The molecule has 0 spiro atoms. The second kappa shape index (κ2) is 15.3. The van der Waals surface area contributed by atoms with Crippen LogP contribution in [0.15, 0.2) is 15.8 Å². The summed E-state index contributed by atoms with van der Waals surface area (Å²) in [6.45, 7) is 9.55. The van der Waals surface area contributed by atoms with Crippen LogP contribution < -0.4 is 15.7 Å². The molecular formula is C23H41N5O10P2S. The van der Waals surface area contributed by atoms with E-state index >= 15 is 0 Å². The van der Waals surface area contributed by atoms with Gasteiger partial charge in [0.05, 0.1) is 31.5 Å². The van der Waals surface area contributed by atoms with Crippen molar-refractivity contribution in [1.29, 1.82) is 5.26 Å². The molecule has 2 heterocycles. The lowest BCUT2D eigenvalue weighted by Crippen LogP contribution is -2.41. The first-order chi connectivity index (χ1) is 19.0. The van der Waals surface area contributed by atoms with Gasteiger partial charge in [-0.1, -0.05) is 0 Å². The summed E-state index contributed by atoms with van der Waals surface area (Å²) in [4.78, 5) is 37.1. The molecule has 6 atom stereocenters. The molecule has 2 unspecified atom stereocenters. The lowest BCUT2D eigenvalue weighted by molar-refractivity contribution is -0.0548. The first-order valence-electron chi connectivity index (χ1n) is 13.1. The minimum atomic E-state index is -4.21. The SMILES string of the molecule is CO[C@@H]1[C@H](OP(OCCC#N)N(C(C)C)C(C)C)[C@@H](CCCP(=O)(O)NS(C)(=O)=O)O[C@H]1n1cc(C)c(=O)[nH]c1=O. The number of methoxy groups -OCH3 is 1. The first-order valence-corrected chi connectivity index (χ1v) is 17.9. The van der Waals surface area contributed by atoms with Crippen LogP contribution in [-0.2, 0) is 33.1 Å². The Labute approximate surface area is 241 Å². The van der Waals surface area contributed by atoms with Crippen LogP contribution >= 0.6 is 16.0 Å². The zero-order valence-electron chi connectivity index (χ0n) is 24.3. The third-order valence-electron chi connectivity index (χ3n) is 6.11. The molecule has 15 nitrogen and oxygen atoms in total. The number of nitriles is 1. The van der Waals surface area contributed by atoms with E-state index in [0.29, 0.717) is 0 Å². The van der Waals surface area contributed by atoms with Crippen molar-refractivity contribution in [3.63, 3.8) is 0 Å². The molecule has 0 amide bonds. The van der Waals surface area contributed by atoms with Gasteiger partial charge in [-0.25, -0.2) is 17.9 Å². The van der Waals surface area contributed by atoms with Gasteiger partial charge in [-0.2, -0.15) is 5.26 Å². The molecule has 0 saturated carbocycles. The summed E-state index contributed by atoms with van der Waals surface area (Å²) in [5.41, 5.74) is -0.994. The molecule has 1 fully saturated rings. The smallest absolute Gasteiger partial charge is 0.330 e. The Bertz CT molecular complexity index is 1320. The Hall–Kier alpha value is -1.50. The first kappa shape index (κ1) is 35.7. The molecule has 0 radical (unpaired) electrons. The normalized spacial score (nSPS) is 23.7. The maximum atomic E-state index is 12.8. The van der Waals surface area contributed by atoms with Gasteiger partial charge in [-0.3, -0.25) is 18.9 Å². The Morgan fingerprint density at radius 3 is 2.46 bits per heavy atom. The van der Waals surface area contributed by atoms with E-state index in [1.54, 1.807) is 4.49 Å². The average molecular weight is 642 g/mol. The topological polar surface area (TPSA) is 202 Å². The quantitative estimate of drug-likeness (QED) is 0.175. The largest absolute Gasteiger partial charge is 0.374 e. The van der Waals surface area contributed by atoms with Gasteiger partial charge in [0.25, 0.3) is 21.6 Å². The molecule has 1 saturated heterocycles. The molecule has 3 N–H and O–H groups in total. The summed E-state index contributed by atoms with van der Waals surface area (Å²) in [6.07, 6.45) is -1.42. The molecule has 18 heteroatoms. The molecule has 1 aliphatic rings. The lowest BCUT2D eigenvalue weighted by atomic mass is 10.1. The van der Waals surface area contributed by atoms with Gasteiger partial charge in [0, 0.05) is 37.1 Å². The number of aryl methyl sites for hydroxylation is 1. The van der Waals surface area contributed by atoms with Crippen molar-refractivity contribution in [2.45, 2.75) is 90.5 Å². The maximum Gasteiger partial charge on any atom is 0.330 e. The number of hydrogen-bond donors (Lipinski definition) is 3. The number of sulfonamides is 1. The van der Waals surface area contributed by atoms with E-state index in [9.17, 15) is 27.5 Å². The standard InChI is InChI=1S/C23H41N5O10P2S/c1-15(2)28(16(3)4)39(36-12-9-11-24)38-19-18(10-8-13-40(31,32)26-41(7,33)34)37-22(20(19)35-6)27-14-17(5)21(29)25-23(27)30/h14-16,18-20,22H,8-10,12-13H2,1-7H3,(H,25,29,30)(H2,26,31,32)/t18-,19-,20-,22-,39?/m1/s1. The molecule has 0 aromatic carbocycles. The minimum Gasteiger partial charge on any atom is -0.374 e. The van der Waals surface area contributed by atoms with Crippen molar-refractivity contribution in [3.05, 3.63) is 32.6 Å². The van der Waals surface area contributed by atoms with E-state index in [1.165, 1.54) is 24.8 Å². The van der Waals surface area contributed by atoms with Gasteiger partial charge in [0.15, 0.2) is 6.23 Å². The summed E-state index contributed by atoms with van der Waals surface area (Å²) in [5, 5.41) is 9.04. The molecule has 1 aliphatic heterocycles. The van der Waals surface area contributed by atoms with Crippen molar-refractivity contribution >= 4 is 26.1 Å². The fourth-order valence-electron chi connectivity index (χ4n) is 4.53. The van der Waals surface area contributed by atoms with E-state index in [-0.39, 0.29) is 49.7 Å². The van der Waals surface area contributed by atoms with Crippen LogP contribution in [0.1, 0.15) is 58.7 Å². The van der Waals surface area contributed by atoms with Crippen molar-refractivity contribution < 1.29 is 36.4 Å². The number of nitrogens with one attached hydrogen (secondary N) is 2. The van der Waals surface area contributed by atoms with Gasteiger partial charge >= 0.3 is 5.69 Å². The third kappa shape index (κ3) is 10.3. The second-order valence-corrected chi connectivity index (χ2v) is 15.8. The zero-order chi connectivity index (χ0) is 31.1. The lowest BCUT2D eigenvalue weighted by Gasteiger charge is -2.38. The number of nitrogens with zero attached hydrogens (tertiary/aromatic N) is 3. The molecule has 1 aromatic heterocycles. The van der Waals surface area contributed by atoms with Gasteiger partial charge in [-0.15, -0.1) is 4.49 Å². The molecule has 1 aromatic rings. The number of H-pyrrole nitrogens is 1. The third-order valence-corrected chi connectivity index (χ3v) is 11.6. The van der Waals surface area contributed by atoms with E-state index in [0.717, 1.165) is 6.26 Å². The van der Waals surface area contributed by atoms with Gasteiger partial charge in [0.1, 0.15) is 12.2 Å². The van der Waals surface area contributed by atoms with Crippen LogP contribution in [0.25, 0.3) is 0 Å². The highest BCUT2D eigenvalue weighted by molar-refractivity contribution is 7.94. The van der Waals surface area contributed by atoms with E-state index < -0.39 is 61.9 Å². The van der Waals surface area contributed by atoms with Crippen LogP contribution in [0.4, 0.5) is 0 Å². The van der Waals surface area contributed by atoms with Crippen molar-refractivity contribution in [2.75, 3.05) is 26.1 Å². The van der Waals surface area contributed by atoms with E-state index in [1.807, 2.05) is 38.4 Å². The zero-order valence-corrected chi connectivity index (χ0v) is 26.9. The van der Waals surface area contributed by atoms with Crippen molar-refractivity contribution in [1.82, 2.24) is 18.7 Å².